The smallest absolute Gasteiger partial charge is 0.421 e. The normalized spacial score (nSPS) is 26.6. The fourth-order valence-electron chi connectivity index (χ4n) is 2.32. The molecule has 3 rings (SSSR count). The molecule has 1 atom stereocenters. The van der Waals surface area contributed by atoms with Crippen molar-refractivity contribution < 1.29 is 27.0 Å². The van der Waals surface area contributed by atoms with Crippen LogP contribution in [0.4, 0.5) is 17.6 Å². The number of benzene rings is 1. The van der Waals surface area contributed by atoms with Gasteiger partial charge in [-0.25, -0.2) is 0 Å². The molecular formula is C12H10ClF4NO2. The summed E-state index contributed by atoms with van der Waals surface area (Å²) in [5.41, 5.74) is 0.535. The van der Waals surface area contributed by atoms with Gasteiger partial charge in [0.1, 0.15) is 0 Å². The molecule has 0 aromatic heterocycles. The van der Waals surface area contributed by atoms with Crippen LogP contribution in [0.5, 0.6) is 11.5 Å². The molecule has 20 heavy (non-hydrogen) atoms. The minimum Gasteiger partial charge on any atom is -0.421 e. The van der Waals surface area contributed by atoms with Gasteiger partial charge in [-0.05, 0) is 31.0 Å². The first-order valence-electron chi connectivity index (χ1n) is 6.01. The average Bonchev–Trinajstić information content (AvgIpc) is 2.83. The van der Waals surface area contributed by atoms with Gasteiger partial charge in [-0.3, -0.25) is 0 Å². The Morgan fingerprint density at radius 3 is 2.25 bits per heavy atom. The molecule has 0 bridgehead atoms. The quantitative estimate of drug-likeness (QED) is 0.802. The molecule has 2 heterocycles. The molecule has 1 saturated heterocycles. The van der Waals surface area contributed by atoms with Gasteiger partial charge in [-0.15, -0.1) is 0 Å². The first-order chi connectivity index (χ1) is 9.30. The van der Waals surface area contributed by atoms with E-state index in [-0.39, 0.29) is 11.1 Å². The molecule has 8 heteroatoms. The molecule has 1 fully saturated rings. The molecule has 110 valence electrons. The molecule has 1 unspecified atom stereocenters. The van der Waals surface area contributed by atoms with E-state index in [1.807, 2.05) is 0 Å². The van der Waals surface area contributed by atoms with Crippen LogP contribution >= 0.6 is 11.6 Å². The first-order valence-corrected chi connectivity index (χ1v) is 6.38. The molecule has 1 N–H and O–H groups in total. The van der Waals surface area contributed by atoms with Gasteiger partial charge in [0, 0.05) is 17.1 Å². The van der Waals surface area contributed by atoms with Crippen molar-refractivity contribution in [1.29, 1.82) is 0 Å². The van der Waals surface area contributed by atoms with Gasteiger partial charge in [0.25, 0.3) is 0 Å². The van der Waals surface area contributed by atoms with E-state index in [4.69, 9.17) is 11.6 Å². The van der Waals surface area contributed by atoms with Crippen LogP contribution in [-0.2, 0) is 0 Å². The number of hydrogen-bond acceptors (Lipinski definition) is 3. The summed E-state index contributed by atoms with van der Waals surface area (Å²) >= 11 is 6.00. The Kier molecular flexibility index (Phi) is 3.02. The van der Waals surface area contributed by atoms with Gasteiger partial charge in [0.2, 0.25) is 0 Å². The van der Waals surface area contributed by atoms with E-state index in [0.29, 0.717) is 5.56 Å². The lowest BCUT2D eigenvalue weighted by Gasteiger charge is -2.32. The van der Waals surface area contributed by atoms with Crippen molar-refractivity contribution in [2.75, 3.05) is 6.54 Å². The van der Waals surface area contributed by atoms with Gasteiger partial charge in [0.05, 0.1) is 0 Å². The van der Waals surface area contributed by atoms with Crippen LogP contribution < -0.4 is 14.8 Å². The van der Waals surface area contributed by atoms with Crippen molar-refractivity contribution in [1.82, 2.24) is 5.32 Å². The molecular weight excluding hydrogens is 302 g/mol. The van der Waals surface area contributed by atoms with E-state index in [1.54, 1.807) is 0 Å². The maximum atomic E-state index is 13.1. The van der Waals surface area contributed by atoms with Crippen LogP contribution in [-0.4, -0.2) is 18.8 Å². The summed E-state index contributed by atoms with van der Waals surface area (Å²) in [5, 5.41) is 3.31. The lowest BCUT2D eigenvalue weighted by atomic mass is 10.0. The minimum absolute atomic E-state index is 0.104. The molecule has 3 nitrogen and oxygen atoms in total. The predicted molar refractivity (Wildman–Crippen MR) is 62.6 cm³/mol. The molecule has 0 saturated carbocycles. The molecule has 2 aliphatic rings. The number of hydrogen-bond donors (Lipinski definition) is 1. The summed E-state index contributed by atoms with van der Waals surface area (Å²) in [4.78, 5) is 0. The van der Waals surface area contributed by atoms with Crippen LogP contribution in [0.2, 0.25) is 5.02 Å². The average molecular weight is 312 g/mol. The Bertz CT molecular complexity index is 547. The predicted octanol–water partition coefficient (Wildman–Crippen LogP) is 3.72. The van der Waals surface area contributed by atoms with E-state index < -0.39 is 23.7 Å². The largest absolute Gasteiger partial charge is 0.507 e. The number of ether oxygens (including phenoxy) is 2. The van der Waals surface area contributed by atoms with Gasteiger partial charge in [-0.1, -0.05) is 11.6 Å². The van der Waals surface area contributed by atoms with Gasteiger partial charge >= 0.3 is 12.2 Å². The molecule has 0 radical (unpaired) electrons. The van der Waals surface area contributed by atoms with E-state index in [9.17, 15) is 17.6 Å². The fraction of sp³-hybridized carbons (Fsp3) is 0.500. The zero-order chi connectivity index (χ0) is 14.5. The topological polar surface area (TPSA) is 30.5 Å². The highest BCUT2D eigenvalue weighted by Crippen LogP contribution is 2.49. The molecule has 1 aromatic rings. The van der Waals surface area contributed by atoms with Crippen molar-refractivity contribution in [3.8, 4) is 11.5 Å². The number of fused-ring (bicyclic) bond motifs is 1. The highest BCUT2D eigenvalue weighted by molar-refractivity contribution is 6.31. The summed E-state index contributed by atoms with van der Waals surface area (Å²) in [6.45, 7) is 0.781. The van der Waals surface area contributed by atoms with Crippen LogP contribution in [0, 0.1) is 0 Å². The Morgan fingerprint density at radius 1 is 1.10 bits per heavy atom. The van der Waals surface area contributed by atoms with Crippen molar-refractivity contribution in [3.05, 3.63) is 22.7 Å². The molecule has 0 amide bonds. The third-order valence-corrected chi connectivity index (χ3v) is 3.64. The third kappa shape index (κ3) is 2.09. The lowest BCUT2D eigenvalue weighted by molar-refractivity contribution is -0.391. The Balaban J connectivity index is 2.01. The summed E-state index contributed by atoms with van der Waals surface area (Å²) in [7, 11) is 0. The number of halogens is 5. The summed E-state index contributed by atoms with van der Waals surface area (Å²) in [6.07, 6.45) is -7.74. The molecule has 0 aliphatic carbocycles. The van der Waals surface area contributed by atoms with E-state index in [1.165, 1.54) is 6.07 Å². The summed E-state index contributed by atoms with van der Waals surface area (Å²) in [6, 6.07) is 2.20. The maximum absolute atomic E-state index is 13.1. The van der Waals surface area contributed by atoms with E-state index in [2.05, 4.69) is 14.8 Å². The van der Waals surface area contributed by atoms with Gasteiger partial charge < -0.3 is 14.8 Å². The van der Waals surface area contributed by atoms with Crippen LogP contribution in [0.15, 0.2) is 12.1 Å². The number of rotatable bonds is 1. The van der Waals surface area contributed by atoms with Crippen molar-refractivity contribution in [3.63, 3.8) is 0 Å². The Labute approximate surface area is 116 Å². The fourth-order valence-corrected chi connectivity index (χ4v) is 2.61. The SMILES string of the molecule is FC1(F)Oc2cc(Cl)c(C3CCCN3)cc2OC1(F)F. The molecule has 0 spiro atoms. The van der Waals surface area contributed by atoms with Crippen LogP contribution in [0.1, 0.15) is 24.4 Å². The maximum Gasteiger partial charge on any atom is 0.507 e. The van der Waals surface area contributed by atoms with E-state index >= 15 is 0 Å². The van der Waals surface area contributed by atoms with Crippen LogP contribution in [0.25, 0.3) is 0 Å². The van der Waals surface area contributed by atoms with Crippen molar-refractivity contribution in [2.45, 2.75) is 31.1 Å². The first kappa shape index (κ1) is 13.8. The second-order valence-electron chi connectivity index (χ2n) is 4.71. The monoisotopic (exact) mass is 311 g/mol. The summed E-state index contributed by atoms with van der Waals surface area (Å²) in [5.74, 6) is -0.929. The Morgan fingerprint density at radius 2 is 1.70 bits per heavy atom. The number of alkyl halides is 4. The zero-order valence-corrected chi connectivity index (χ0v) is 10.8. The second kappa shape index (κ2) is 4.39. The molecule has 1 aromatic carbocycles. The zero-order valence-electron chi connectivity index (χ0n) is 10.1. The highest BCUT2D eigenvalue weighted by atomic mass is 35.5. The van der Waals surface area contributed by atoms with Crippen molar-refractivity contribution >= 4 is 11.6 Å². The standard InChI is InChI=1S/C12H10ClF4NO2/c13-7-5-10-9(4-6(7)8-2-1-3-18-8)19-11(14,15)12(16,17)20-10/h4-5,8,18H,1-3H2. The Hall–Kier alpha value is -1.21. The minimum atomic E-state index is -4.73. The molecule has 2 aliphatic heterocycles. The highest BCUT2D eigenvalue weighted by Gasteiger charge is 2.66. The third-order valence-electron chi connectivity index (χ3n) is 3.31. The summed E-state index contributed by atoms with van der Waals surface area (Å²) < 4.78 is 60.4. The van der Waals surface area contributed by atoms with Crippen molar-refractivity contribution in [2.24, 2.45) is 0 Å². The van der Waals surface area contributed by atoms with Gasteiger partial charge in [-0.2, -0.15) is 17.6 Å². The van der Waals surface area contributed by atoms with E-state index in [0.717, 1.165) is 25.5 Å². The number of nitrogens with one attached hydrogen (secondary N) is 1. The van der Waals surface area contributed by atoms with Gasteiger partial charge in [0.15, 0.2) is 11.5 Å². The lowest BCUT2D eigenvalue weighted by Crippen LogP contribution is -2.52. The van der Waals surface area contributed by atoms with Crippen LogP contribution in [0.3, 0.4) is 0 Å². The second-order valence-corrected chi connectivity index (χ2v) is 5.11.